The second-order valence-corrected chi connectivity index (χ2v) is 12.7. The van der Waals surface area contributed by atoms with Gasteiger partial charge in [0.2, 0.25) is 0 Å². The summed E-state index contributed by atoms with van der Waals surface area (Å²) in [5.74, 6) is 1.03. The summed E-state index contributed by atoms with van der Waals surface area (Å²) in [5.41, 5.74) is 6.55. The van der Waals surface area contributed by atoms with E-state index in [1.807, 2.05) is 18.2 Å². The van der Waals surface area contributed by atoms with Gasteiger partial charge in [-0.05, 0) is 84.5 Å². The van der Waals surface area contributed by atoms with E-state index in [1.165, 1.54) is 11.3 Å². The predicted octanol–water partition coefficient (Wildman–Crippen LogP) is 9.56. The number of para-hydroxylation sites is 1. The SMILES string of the molecule is CCC(C)(C)c1cc(C(C)(C)C)cc(CN(c2ccc(Nc3ccccc3)cc2)C(C)CC(C)C)c1O. The quantitative estimate of drug-likeness (QED) is 0.291. The molecule has 3 heteroatoms. The minimum absolute atomic E-state index is 0.000155. The summed E-state index contributed by atoms with van der Waals surface area (Å²) < 4.78 is 0. The topological polar surface area (TPSA) is 35.5 Å². The van der Waals surface area contributed by atoms with Crippen LogP contribution in [0.3, 0.4) is 0 Å². The standard InChI is InChI=1S/C34H48N2O/c1-10-34(8,9)31-22-27(33(5,6)7)21-26(32(31)37)23-36(25(4)20-24(2)3)30-18-16-29(17-19-30)35-28-14-12-11-13-15-28/h11-19,21-22,24-25,35,37H,10,20,23H2,1-9H3. The van der Waals surface area contributed by atoms with E-state index >= 15 is 0 Å². The molecule has 0 saturated heterocycles. The van der Waals surface area contributed by atoms with Crippen LogP contribution >= 0.6 is 0 Å². The Kier molecular flexibility index (Phi) is 9.00. The van der Waals surface area contributed by atoms with E-state index in [9.17, 15) is 5.11 Å². The van der Waals surface area contributed by atoms with Crippen molar-refractivity contribution >= 4 is 17.1 Å². The van der Waals surface area contributed by atoms with Crippen molar-refractivity contribution < 1.29 is 5.11 Å². The molecular formula is C34H48N2O. The average molecular weight is 501 g/mol. The lowest BCUT2D eigenvalue weighted by molar-refractivity contribution is 0.418. The molecule has 0 spiro atoms. The van der Waals surface area contributed by atoms with Crippen molar-refractivity contribution in [1.29, 1.82) is 0 Å². The van der Waals surface area contributed by atoms with Crippen molar-refractivity contribution in [3.8, 4) is 5.75 Å². The molecule has 1 atom stereocenters. The molecule has 200 valence electrons. The fraction of sp³-hybridized carbons (Fsp3) is 0.471. The van der Waals surface area contributed by atoms with E-state index in [0.29, 0.717) is 24.3 Å². The Morgan fingerprint density at radius 3 is 1.97 bits per heavy atom. The highest BCUT2D eigenvalue weighted by Crippen LogP contribution is 2.40. The van der Waals surface area contributed by atoms with Crippen molar-refractivity contribution in [3.05, 3.63) is 83.4 Å². The van der Waals surface area contributed by atoms with Gasteiger partial charge in [-0.25, -0.2) is 0 Å². The van der Waals surface area contributed by atoms with Crippen LogP contribution in [0.2, 0.25) is 0 Å². The molecule has 3 rings (SSSR count). The zero-order chi connectivity index (χ0) is 27.4. The molecule has 0 aliphatic rings. The van der Waals surface area contributed by atoms with E-state index in [4.69, 9.17) is 0 Å². The lowest BCUT2D eigenvalue weighted by atomic mass is 9.76. The van der Waals surface area contributed by atoms with Crippen LogP contribution in [0.1, 0.15) is 91.8 Å². The van der Waals surface area contributed by atoms with Gasteiger partial charge >= 0.3 is 0 Å². The molecule has 3 aromatic carbocycles. The molecule has 0 aliphatic carbocycles. The first kappa shape index (κ1) is 28.6. The fourth-order valence-electron chi connectivity index (χ4n) is 4.87. The van der Waals surface area contributed by atoms with E-state index < -0.39 is 0 Å². The molecule has 3 aromatic rings. The molecule has 1 unspecified atom stereocenters. The molecule has 3 nitrogen and oxygen atoms in total. The second-order valence-electron chi connectivity index (χ2n) is 12.7. The Labute approximate surface area is 225 Å². The van der Waals surface area contributed by atoms with Gasteiger partial charge in [0.1, 0.15) is 5.75 Å². The van der Waals surface area contributed by atoms with Crippen molar-refractivity contribution in [2.24, 2.45) is 5.92 Å². The molecule has 37 heavy (non-hydrogen) atoms. The lowest BCUT2D eigenvalue weighted by Crippen LogP contribution is -2.34. The number of anilines is 3. The van der Waals surface area contributed by atoms with Gasteiger partial charge in [0.05, 0.1) is 0 Å². The lowest BCUT2D eigenvalue weighted by Gasteiger charge is -2.35. The van der Waals surface area contributed by atoms with Crippen LogP contribution in [0.5, 0.6) is 5.75 Å². The maximum absolute atomic E-state index is 11.6. The smallest absolute Gasteiger partial charge is 0.124 e. The third-order valence-electron chi connectivity index (χ3n) is 7.61. The van der Waals surface area contributed by atoms with Crippen LogP contribution in [0.15, 0.2) is 66.7 Å². The Morgan fingerprint density at radius 2 is 1.43 bits per heavy atom. The number of hydrogen-bond donors (Lipinski definition) is 2. The summed E-state index contributed by atoms with van der Waals surface area (Å²) in [4.78, 5) is 2.45. The molecule has 0 saturated carbocycles. The highest BCUT2D eigenvalue weighted by atomic mass is 16.3. The summed E-state index contributed by atoms with van der Waals surface area (Å²) in [6.45, 7) is 21.0. The van der Waals surface area contributed by atoms with Crippen molar-refractivity contribution in [3.63, 3.8) is 0 Å². The van der Waals surface area contributed by atoms with Crippen LogP contribution in [0.4, 0.5) is 17.1 Å². The number of phenolic OH excluding ortho intramolecular Hbond substituents is 1. The van der Waals surface area contributed by atoms with Crippen molar-refractivity contribution in [2.75, 3.05) is 10.2 Å². The van der Waals surface area contributed by atoms with Crippen molar-refractivity contribution in [1.82, 2.24) is 0 Å². The fourth-order valence-corrected chi connectivity index (χ4v) is 4.87. The van der Waals surface area contributed by atoms with Gasteiger partial charge in [0.15, 0.2) is 0 Å². The molecule has 0 fully saturated rings. The predicted molar refractivity (Wildman–Crippen MR) is 161 cm³/mol. The van der Waals surface area contributed by atoms with Gasteiger partial charge < -0.3 is 15.3 Å². The highest BCUT2D eigenvalue weighted by molar-refractivity contribution is 5.63. The number of benzene rings is 3. The number of phenols is 1. The Balaban J connectivity index is 2.02. The molecule has 0 aromatic heterocycles. The summed E-state index contributed by atoms with van der Waals surface area (Å²) in [5, 5.41) is 15.1. The summed E-state index contributed by atoms with van der Waals surface area (Å²) in [7, 11) is 0. The maximum Gasteiger partial charge on any atom is 0.124 e. The van der Waals surface area contributed by atoms with Gasteiger partial charge in [-0.15, -0.1) is 0 Å². The third-order valence-corrected chi connectivity index (χ3v) is 7.61. The normalized spacial score (nSPS) is 13.0. The van der Waals surface area contributed by atoms with E-state index in [1.54, 1.807) is 0 Å². The summed E-state index contributed by atoms with van der Waals surface area (Å²) in [6.07, 6.45) is 2.05. The number of rotatable bonds is 10. The van der Waals surface area contributed by atoms with E-state index in [2.05, 4.69) is 121 Å². The van der Waals surface area contributed by atoms with Gasteiger partial charge in [-0.1, -0.05) is 79.7 Å². The molecule has 0 amide bonds. The summed E-state index contributed by atoms with van der Waals surface area (Å²) in [6, 6.07) is 23.7. The Bertz CT molecular complexity index is 1140. The van der Waals surface area contributed by atoms with Crippen LogP contribution < -0.4 is 10.2 Å². The van der Waals surface area contributed by atoms with Gasteiger partial charge in [0.25, 0.3) is 0 Å². The first-order valence-electron chi connectivity index (χ1n) is 13.9. The molecule has 0 bridgehead atoms. The Morgan fingerprint density at radius 1 is 0.838 bits per heavy atom. The zero-order valence-electron chi connectivity index (χ0n) is 24.5. The zero-order valence-corrected chi connectivity index (χ0v) is 24.5. The molecule has 0 radical (unpaired) electrons. The molecule has 0 aliphatic heterocycles. The van der Waals surface area contributed by atoms with Crippen molar-refractivity contribution in [2.45, 2.75) is 98.6 Å². The molecular weight excluding hydrogens is 452 g/mol. The first-order valence-corrected chi connectivity index (χ1v) is 13.9. The van der Waals surface area contributed by atoms with E-state index in [-0.39, 0.29) is 10.8 Å². The van der Waals surface area contributed by atoms with Crippen LogP contribution in [0.25, 0.3) is 0 Å². The van der Waals surface area contributed by atoms with Crippen LogP contribution in [-0.4, -0.2) is 11.1 Å². The minimum Gasteiger partial charge on any atom is -0.507 e. The molecule has 0 heterocycles. The van der Waals surface area contributed by atoms with E-state index in [0.717, 1.165) is 35.3 Å². The van der Waals surface area contributed by atoms with Crippen LogP contribution in [0, 0.1) is 5.92 Å². The maximum atomic E-state index is 11.6. The number of hydrogen-bond acceptors (Lipinski definition) is 3. The monoisotopic (exact) mass is 500 g/mol. The largest absolute Gasteiger partial charge is 0.507 e. The average Bonchev–Trinajstić information content (AvgIpc) is 2.83. The first-order chi connectivity index (χ1) is 17.3. The second kappa shape index (κ2) is 11.6. The minimum atomic E-state index is -0.0980. The number of nitrogens with zero attached hydrogens (tertiary/aromatic N) is 1. The van der Waals surface area contributed by atoms with Crippen LogP contribution in [-0.2, 0) is 17.4 Å². The van der Waals surface area contributed by atoms with Gasteiger partial charge in [0, 0.05) is 40.8 Å². The third kappa shape index (κ3) is 7.31. The Hall–Kier alpha value is -2.94. The number of aromatic hydroxyl groups is 1. The molecule has 2 N–H and O–H groups in total. The van der Waals surface area contributed by atoms with Gasteiger partial charge in [-0.2, -0.15) is 0 Å². The highest BCUT2D eigenvalue weighted by Gasteiger charge is 2.28. The number of nitrogens with one attached hydrogen (secondary N) is 1. The summed E-state index contributed by atoms with van der Waals surface area (Å²) >= 11 is 0. The van der Waals surface area contributed by atoms with Gasteiger partial charge in [-0.3, -0.25) is 0 Å².